The molecule has 0 radical (unpaired) electrons. The molecule has 108 valence electrons. The van der Waals surface area contributed by atoms with E-state index in [9.17, 15) is 4.79 Å². The smallest absolute Gasteiger partial charge is 0.251 e. The average molecular weight is 296 g/mol. The van der Waals surface area contributed by atoms with Crippen LogP contribution in [0.15, 0.2) is 12.1 Å². The second-order valence-electron chi connectivity index (χ2n) is 5.75. The Morgan fingerprint density at radius 2 is 2.10 bits per heavy atom. The Kier molecular flexibility index (Phi) is 3.75. The van der Waals surface area contributed by atoms with Gasteiger partial charge >= 0.3 is 0 Å². The summed E-state index contributed by atoms with van der Waals surface area (Å²) < 4.78 is 1.70. The summed E-state index contributed by atoms with van der Waals surface area (Å²) in [5.41, 5.74) is 1.91. The van der Waals surface area contributed by atoms with Gasteiger partial charge in [0.15, 0.2) is 5.82 Å². The summed E-state index contributed by atoms with van der Waals surface area (Å²) in [7, 11) is 1.81. The van der Waals surface area contributed by atoms with Crippen LogP contribution in [0.1, 0.15) is 26.3 Å². The zero-order chi connectivity index (χ0) is 15.1. The molecule has 20 heavy (non-hydrogen) atoms. The van der Waals surface area contributed by atoms with E-state index < -0.39 is 12.5 Å². The number of amides is 1. The molecule has 2 rings (SSSR count). The van der Waals surface area contributed by atoms with Gasteiger partial charge in [0.1, 0.15) is 6.61 Å². The van der Waals surface area contributed by atoms with Crippen LogP contribution in [0, 0.1) is 0 Å². The van der Waals surface area contributed by atoms with Crippen molar-refractivity contribution in [1.29, 1.82) is 0 Å². The monoisotopic (exact) mass is 295 g/mol. The van der Waals surface area contributed by atoms with E-state index >= 15 is 0 Å². The van der Waals surface area contributed by atoms with E-state index in [4.69, 9.17) is 16.7 Å². The molecule has 5 nitrogen and oxygen atoms in total. The highest BCUT2D eigenvalue weighted by Crippen LogP contribution is 2.37. The largest absolute Gasteiger partial charge is 0.387 e. The summed E-state index contributed by atoms with van der Waals surface area (Å²) in [4.78, 5) is 11.4. The maximum Gasteiger partial charge on any atom is 0.251 e. The molecule has 0 saturated carbocycles. The summed E-state index contributed by atoms with van der Waals surface area (Å²) in [5, 5.41) is 16.9. The molecule has 1 amide bonds. The fourth-order valence-electron chi connectivity index (χ4n) is 2.24. The number of aliphatic hydroxyl groups excluding tert-OH is 1. The van der Waals surface area contributed by atoms with Gasteiger partial charge in [-0.1, -0.05) is 38.4 Å². The van der Waals surface area contributed by atoms with Crippen molar-refractivity contribution < 1.29 is 9.90 Å². The number of aromatic nitrogens is 2. The van der Waals surface area contributed by atoms with Crippen LogP contribution in [0.25, 0.3) is 10.9 Å². The van der Waals surface area contributed by atoms with Gasteiger partial charge in [0.25, 0.3) is 5.91 Å². The quantitative estimate of drug-likeness (QED) is 0.894. The van der Waals surface area contributed by atoms with Crippen molar-refractivity contribution in [1.82, 2.24) is 9.78 Å². The number of halogens is 1. The molecule has 0 aliphatic carbocycles. The van der Waals surface area contributed by atoms with Crippen molar-refractivity contribution in [2.75, 3.05) is 11.9 Å². The lowest BCUT2D eigenvalue weighted by Gasteiger charge is -2.20. The van der Waals surface area contributed by atoms with E-state index in [2.05, 4.69) is 31.2 Å². The topological polar surface area (TPSA) is 67.2 Å². The van der Waals surface area contributed by atoms with Crippen molar-refractivity contribution in [2.24, 2.45) is 7.05 Å². The molecule has 6 heteroatoms. The SMILES string of the molecule is Cn1nc(NC(=O)CO)c2c(Cl)ccc(C(C)(C)C)c21. The Balaban J connectivity index is 2.73. The molecule has 1 aromatic carbocycles. The van der Waals surface area contributed by atoms with Gasteiger partial charge < -0.3 is 10.4 Å². The number of benzene rings is 1. The van der Waals surface area contributed by atoms with Gasteiger partial charge in [-0.25, -0.2) is 0 Å². The average Bonchev–Trinajstić information content (AvgIpc) is 2.66. The van der Waals surface area contributed by atoms with Crippen LogP contribution in [0.2, 0.25) is 5.02 Å². The second kappa shape index (κ2) is 5.07. The van der Waals surface area contributed by atoms with Crippen molar-refractivity contribution in [3.8, 4) is 0 Å². The van der Waals surface area contributed by atoms with Crippen molar-refractivity contribution in [2.45, 2.75) is 26.2 Å². The molecular formula is C14H18ClN3O2. The van der Waals surface area contributed by atoms with Crippen LogP contribution in [-0.4, -0.2) is 27.4 Å². The van der Waals surface area contributed by atoms with Gasteiger partial charge in [0, 0.05) is 7.05 Å². The predicted molar refractivity (Wildman–Crippen MR) is 80.1 cm³/mol. The summed E-state index contributed by atoms with van der Waals surface area (Å²) in [5.74, 6) is -0.139. The molecule has 0 aliphatic heterocycles. The summed E-state index contributed by atoms with van der Waals surface area (Å²) in [6.45, 7) is 5.73. The number of nitrogens with one attached hydrogen (secondary N) is 1. The Hall–Kier alpha value is -1.59. The van der Waals surface area contributed by atoms with Crippen LogP contribution in [-0.2, 0) is 17.3 Å². The number of rotatable bonds is 2. The molecule has 0 saturated heterocycles. The van der Waals surface area contributed by atoms with E-state index in [1.807, 2.05) is 13.1 Å². The molecule has 0 aliphatic rings. The third-order valence-corrected chi connectivity index (χ3v) is 3.46. The summed E-state index contributed by atoms with van der Waals surface area (Å²) in [6, 6.07) is 3.78. The number of nitrogens with zero attached hydrogens (tertiary/aromatic N) is 2. The Bertz CT molecular complexity index is 671. The van der Waals surface area contributed by atoms with Gasteiger partial charge in [-0.05, 0) is 17.0 Å². The van der Waals surface area contributed by atoms with Crippen LogP contribution in [0.5, 0.6) is 0 Å². The van der Waals surface area contributed by atoms with Gasteiger partial charge in [-0.2, -0.15) is 5.10 Å². The van der Waals surface area contributed by atoms with Crippen LogP contribution in [0.4, 0.5) is 5.82 Å². The first kappa shape index (κ1) is 14.8. The molecule has 0 unspecified atom stereocenters. The van der Waals surface area contributed by atoms with Crippen molar-refractivity contribution in [3.05, 3.63) is 22.7 Å². The number of aryl methyl sites for hydroxylation is 1. The van der Waals surface area contributed by atoms with Gasteiger partial charge in [-0.15, -0.1) is 0 Å². The highest BCUT2D eigenvalue weighted by Gasteiger charge is 2.23. The van der Waals surface area contributed by atoms with E-state index in [1.165, 1.54) is 0 Å². The maximum absolute atomic E-state index is 11.4. The maximum atomic E-state index is 11.4. The number of hydrogen-bond donors (Lipinski definition) is 2. The molecule has 1 heterocycles. The summed E-state index contributed by atoms with van der Waals surface area (Å²) >= 11 is 6.26. The molecule has 0 atom stereocenters. The summed E-state index contributed by atoms with van der Waals surface area (Å²) in [6.07, 6.45) is 0. The molecular weight excluding hydrogens is 278 g/mol. The normalized spacial score (nSPS) is 11.9. The van der Waals surface area contributed by atoms with Crippen LogP contribution < -0.4 is 5.32 Å². The number of aliphatic hydroxyl groups is 1. The molecule has 2 N–H and O–H groups in total. The number of carbonyl (C=O) groups is 1. The molecule has 2 aromatic rings. The zero-order valence-corrected chi connectivity index (χ0v) is 12.7. The minimum Gasteiger partial charge on any atom is -0.387 e. The van der Waals surface area contributed by atoms with Gasteiger partial charge in [0.05, 0.1) is 15.9 Å². The predicted octanol–water partition coefficient (Wildman–Crippen LogP) is 2.46. The van der Waals surface area contributed by atoms with Crippen LogP contribution in [0.3, 0.4) is 0 Å². The Morgan fingerprint density at radius 1 is 1.45 bits per heavy atom. The van der Waals surface area contributed by atoms with E-state index in [1.54, 1.807) is 10.7 Å². The van der Waals surface area contributed by atoms with Crippen LogP contribution >= 0.6 is 11.6 Å². The van der Waals surface area contributed by atoms with Gasteiger partial charge in [-0.3, -0.25) is 9.48 Å². The first-order valence-electron chi connectivity index (χ1n) is 6.32. The zero-order valence-electron chi connectivity index (χ0n) is 12.0. The van der Waals surface area contributed by atoms with Crippen molar-refractivity contribution >= 4 is 34.2 Å². The number of anilines is 1. The standard InChI is InChI=1S/C14H18ClN3O2/c1-14(2,3)8-5-6-9(15)11-12(8)18(4)17-13(11)16-10(20)7-19/h5-6,19H,7H2,1-4H3,(H,16,17,20). The molecule has 0 bridgehead atoms. The molecule has 0 fully saturated rings. The number of fused-ring (bicyclic) bond motifs is 1. The fraction of sp³-hybridized carbons (Fsp3) is 0.429. The third-order valence-electron chi connectivity index (χ3n) is 3.15. The number of carbonyl (C=O) groups excluding carboxylic acids is 1. The van der Waals surface area contributed by atoms with Crippen molar-refractivity contribution in [3.63, 3.8) is 0 Å². The molecule has 1 aromatic heterocycles. The fourth-order valence-corrected chi connectivity index (χ4v) is 2.48. The minimum absolute atomic E-state index is 0.0745. The first-order chi connectivity index (χ1) is 9.25. The third kappa shape index (κ3) is 2.51. The Morgan fingerprint density at radius 3 is 2.65 bits per heavy atom. The van der Waals surface area contributed by atoms with E-state index in [0.29, 0.717) is 16.2 Å². The molecule has 0 spiro atoms. The number of hydrogen-bond acceptors (Lipinski definition) is 3. The highest BCUT2D eigenvalue weighted by molar-refractivity contribution is 6.36. The van der Waals surface area contributed by atoms with E-state index in [-0.39, 0.29) is 5.41 Å². The second-order valence-corrected chi connectivity index (χ2v) is 6.15. The lowest BCUT2D eigenvalue weighted by molar-refractivity contribution is -0.118. The van der Waals surface area contributed by atoms with E-state index in [0.717, 1.165) is 11.1 Å². The highest BCUT2D eigenvalue weighted by atomic mass is 35.5. The van der Waals surface area contributed by atoms with Gasteiger partial charge in [0.2, 0.25) is 0 Å². The first-order valence-corrected chi connectivity index (χ1v) is 6.70. The Labute approximate surface area is 122 Å². The lowest BCUT2D eigenvalue weighted by atomic mass is 9.85. The minimum atomic E-state index is -0.589. The lowest BCUT2D eigenvalue weighted by Crippen LogP contribution is -2.16.